The van der Waals surface area contributed by atoms with Crippen LogP contribution in [0.25, 0.3) is 0 Å². The zero-order valence-corrected chi connectivity index (χ0v) is 5.55. The van der Waals surface area contributed by atoms with Gasteiger partial charge in [0.1, 0.15) is 6.79 Å². The summed E-state index contributed by atoms with van der Waals surface area (Å²) in [6, 6.07) is 0. The minimum atomic E-state index is -0.148. The third kappa shape index (κ3) is 4.09. The van der Waals surface area contributed by atoms with Gasteiger partial charge in [-0.25, -0.2) is 0 Å². The summed E-state index contributed by atoms with van der Waals surface area (Å²) in [5.74, 6) is 0.571. The largest absolute Gasteiger partial charge is 0.371 e. The molecule has 0 aromatic rings. The molecule has 0 heterocycles. The van der Waals surface area contributed by atoms with Crippen LogP contribution in [0.3, 0.4) is 0 Å². The first-order chi connectivity index (χ1) is 3.81. The normalized spacial score (nSPS) is 13.9. The lowest BCUT2D eigenvalue weighted by molar-refractivity contribution is -0.0155. The Hall–Kier alpha value is -0.0800. The Labute approximate surface area is 50.5 Å². The van der Waals surface area contributed by atoms with Crippen molar-refractivity contribution in [3.63, 3.8) is 0 Å². The zero-order valence-electron chi connectivity index (χ0n) is 5.55. The summed E-state index contributed by atoms with van der Waals surface area (Å²) in [7, 11) is 0. The van der Waals surface area contributed by atoms with Crippen molar-refractivity contribution in [3.05, 3.63) is 0 Å². The van der Waals surface area contributed by atoms with Gasteiger partial charge in [0.15, 0.2) is 0 Å². The number of rotatable bonds is 4. The fourth-order valence-corrected chi connectivity index (χ4v) is 0.372. The molecule has 1 atom stereocenters. The van der Waals surface area contributed by atoms with Gasteiger partial charge in [0.25, 0.3) is 0 Å². The lowest BCUT2D eigenvalue weighted by Crippen LogP contribution is -2.04. The summed E-state index contributed by atoms with van der Waals surface area (Å²) in [6.07, 6.45) is 1.11. The molecule has 0 rings (SSSR count). The summed E-state index contributed by atoms with van der Waals surface area (Å²) in [5, 5.41) is 8.19. The van der Waals surface area contributed by atoms with Crippen LogP contribution in [0.2, 0.25) is 0 Å². The Morgan fingerprint density at radius 2 is 2.25 bits per heavy atom. The van der Waals surface area contributed by atoms with Crippen LogP contribution in [0, 0.1) is 5.92 Å². The van der Waals surface area contributed by atoms with Gasteiger partial charge in [0, 0.05) is 0 Å². The van der Waals surface area contributed by atoms with Crippen LogP contribution in [-0.4, -0.2) is 18.5 Å². The van der Waals surface area contributed by atoms with E-state index in [1.54, 1.807) is 0 Å². The highest BCUT2D eigenvalue weighted by Gasteiger charge is 1.95. The quantitative estimate of drug-likeness (QED) is 0.558. The Morgan fingerprint density at radius 1 is 1.62 bits per heavy atom. The molecule has 0 aromatic heterocycles. The van der Waals surface area contributed by atoms with Crippen molar-refractivity contribution in [1.82, 2.24) is 0 Å². The van der Waals surface area contributed by atoms with Crippen LogP contribution in [0.5, 0.6) is 0 Å². The van der Waals surface area contributed by atoms with Crippen LogP contribution in [0.1, 0.15) is 20.3 Å². The maximum absolute atomic E-state index is 8.19. The molecular formula is C6H14O2. The lowest BCUT2D eigenvalue weighted by Gasteiger charge is -2.05. The van der Waals surface area contributed by atoms with Gasteiger partial charge < -0.3 is 9.84 Å². The van der Waals surface area contributed by atoms with E-state index in [1.165, 1.54) is 0 Å². The van der Waals surface area contributed by atoms with Gasteiger partial charge in [0.2, 0.25) is 0 Å². The van der Waals surface area contributed by atoms with Gasteiger partial charge in [-0.2, -0.15) is 0 Å². The van der Waals surface area contributed by atoms with E-state index in [9.17, 15) is 0 Å². The molecule has 0 aliphatic carbocycles. The van der Waals surface area contributed by atoms with Crippen LogP contribution in [-0.2, 0) is 4.74 Å². The highest BCUT2D eigenvalue weighted by Crippen LogP contribution is 1.98. The summed E-state index contributed by atoms with van der Waals surface area (Å²) in [4.78, 5) is 0. The number of hydrogen-bond acceptors (Lipinski definition) is 2. The second kappa shape index (κ2) is 5.06. The minimum absolute atomic E-state index is 0.148. The zero-order chi connectivity index (χ0) is 6.41. The molecule has 0 saturated carbocycles. The minimum Gasteiger partial charge on any atom is -0.371 e. The molecule has 0 amide bonds. The predicted molar refractivity (Wildman–Crippen MR) is 32.5 cm³/mol. The predicted octanol–water partition coefficient (Wildman–Crippen LogP) is 0.999. The van der Waals surface area contributed by atoms with Crippen LogP contribution < -0.4 is 0 Å². The Morgan fingerprint density at radius 3 is 2.62 bits per heavy atom. The van der Waals surface area contributed by atoms with E-state index in [1.807, 2.05) is 0 Å². The molecule has 1 unspecified atom stereocenters. The molecule has 2 heteroatoms. The summed E-state index contributed by atoms with van der Waals surface area (Å²) in [6.45, 7) is 4.72. The first kappa shape index (κ1) is 7.92. The molecule has 2 nitrogen and oxygen atoms in total. The molecule has 0 bridgehead atoms. The highest BCUT2D eigenvalue weighted by atomic mass is 16.6. The molecular weight excluding hydrogens is 104 g/mol. The number of hydrogen-bond donors (Lipinski definition) is 1. The van der Waals surface area contributed by atoms with E-state index >= 15 is 0 Å². The van der Waals surface area contributed by atoms with E-state index in [0.29, 0.717) is 12.5 Å². The standard InChI is InChI=1S/C6H14O2/c1-3-6(2)4-8-5-7/h6-7H,3-5H2,1-2H3. The maximum Gasteiger partial charge on any atom is 0.143 e. The van der Waals surface area contributed by atoms with Gasteiger partial charge in [-0.1, -0.05) is 20.3 Å². The van der Waals surface area contributed by atoms with Gasteiger partial charge >= 0.3 is 0 Å². The molecule has 8 heavy (non-hydrogen) atoms. The monoisotopic (exact) mass is 118 g/mol. The van der Waals surface area contributed by atoms with Crippen molar-refractivity contribution in [2.45, 2.75) is 20.3 Å². The highest BCUT2D eigenvalue weighted by molar-refractivity contribution is 4.43. The van der Waals surface area contributed by atoms with Crippen LogP contribution in [0.4, 0.5) is 0 Å². The molecule has 0 aliphatic heterocycles. The molecule has 0 aliphatic rings. The molecule has 0 aromatic carbocycles. The fourth-order valence-electron chi connectivity index (χ4n) is 0.372. The van der Waals surface area contributed by atoms with Crippen molar-refractivity contribution in [1.29, 1.82) is 0 Å². The van der Waals surface area contributed by atoms with Crippen molar-refractivity contribution >= 4 is 0 Å². The third-order valence-corrected chi connectivity index (χ3v) is 1.19. The Kier molecular flexibility index (Phi) is 5.01. The molecule has 50 valence electrons. The average molecular weight is 118 g/mol. The van der Waals surface area contributed by atoms with Crippen molar-refractivity contribution in [2.24, 2.45) is 5.92 Å². The maximum atomic E-state index is 8.19. The van der Waals surface area contributed by atoms with E-state index in [2.05, 4.69) is 13.8 Å². The second-order valence-electron chi connectivity index (χ2n) is 2.01. The first-order valence-electron chi connectivity index (χ1n) is 2.99. The van der Waals surface area contributed by atoms with Crippen molar-refractivity contribution in [3.8, 4) is 0 Å². The second-order valence-corrected chi connectivity index (χ2v) is 2.01. The SMILES string of the molecule is CCC(C)COCO. The molecule has 0 spiro atoms. The van der Waals surface area contributed by atoms with E-state index in [-0.39, 0.29) is 6.79 Å². The number of ether oxygens (including phenoxy) is 1. The molecule has 0 radical (unpaired) electrons. The van der Waals surface area contributed by atoms with E-state index in [4.69, 9.17) is 9.84 Å². The summed E-state index contributed by atoms with van der Waals surface area (Å²) in [5.41, 5.74) is 0. The van der Waals surface area contributed by atoms with Gasteiger partial charge in [-0.3, -0.25) is 0 Å². The lowest BCUT2D eigenvalue weighted by atomic mass is 10.1. The van der Waals surface area contributed by atoms with Crippen LogP contribution >= 0.6 is 0 Å². The molecule has 0 saturated heterocycles. The van der Waals surface area contributed by atoms with Gasteiger partial charge in [0.05, 0.1) is 6.61 Å². The summed E-state index contributed by atoms with van der Waals surface area (Å²) >= 11 is 0. The molecule has 1 N–H and O–H groups in total. The topological polar surface area (TPSA) is 29.5 Å². The molecule has 0 fully saturated rings. The average Bonchev–Trinajstić information content (AvgIpc) is 1.83. The van der Waals surface area contributed by atoms with Gasteiger partial charge in [-0.15, -0.1) is 0 Å². The van der Waals surface area contributed by atoms with E-state index < -0.39 is 0 Å². The van der Waals surface area contributed by atoms with Crippen LogP contribution in [0.15, 0.2) is 0 Å². The third-order valence-electron chi connectivity index (χ3n) is 1.19. The van der Waals surface area contributed by atoms with Gasteiger partial charge in [-0.05, 0) is 5.92 Å². The Balaban J connectivity index is 2.86. The summed E-state index contributed by atoms with van der Waals surface area (Å²) < 4.78 is 4.74. The fraction of sp³-hybridized carbons (Fsp3) is 1.00. The number of aliphatic hydroxyl groups is 1. The van der Waals surface area contributed by atoms with E-state index in [0.717, 1.165) is 6.42 Å². The van der Waals surface area contributed by atoms with Crippen molar-refractivity contribution in [2.75, 3.05) is 13.4 Å². The smallest absolute Gasteiger partial charge is 0.143 e. The van der Waals surface area contributed by atoms with Crippen molar-refractivity contribution < 1.29 is 9.84 Å². The first-order valence-corrected chi connectivity index (χ1v) is 2.99. The number of aliphatic hydroxyl groups excluding tert-OH is 1. The Bertz CT molecular complexity index is 45.8.